The Balaban J connectivity index is 1.97. The maximum atomic E-state index is 10.8. The standard InChI is InChI=1S/C14H19NO3/c1-10(14(16)17)5-7-15(2)12-3-4-13-11(9-12)6-8-18-13/h3-4,9-10H,5-8H2,1-2H3,(H,16,17). The Labute approximate surface area is 107 Å². The highest BCUT2D eigenvalue weighted by atomic mass is 16.5. The Morgan fingerprint density at radius 1 is 1.56 bits per heavy atom. The number of anilines is 1. The molecule has 0 bridgehead atoms. The van der Waals surface area contributed by atoms with Gasteiger partial charge in [0, 0.05) is 25.7 Å². The molecule has 4 heteroatoms. The van der Waals surface area contributed by atoms with Crippen LogP contribution >= 0.6 is 0 Å². The smallest absolute Gasteiger partial charge is 0.306 e. The number of aliphatic carboxylic acids is 1. The molecular formula is C14H19NO3. The predicted molar refractivity (Wildman–Crippen MR) is 70.3 cm³/mol. The fourth-order valence-corrected chi connectivity index (χ4v) is 2.05. The van der Waals surface area contributed by atoms with Crippen LogP contribution in [-0.2, 0) is 11.2 Å². The molecule has 0 amide bonds. The van der Waals surface area contributed by atoms with Gasteiger partial charge < -0.3 is 14.7 Å². The van der Waals surface area contributed by atoms with E-state index in [0.29, 0.717) is 6.42 Å². The number of rotatable bonds is 5. The van der Waals surface area contributed by atoms with Gasteiger partial charge in [0.15, 0.2) is 0 Å². The normalized spacial score (nSPS) is 14.8. The second-order valence-corrected chi connectivity index (χ2v) is 4.84. The fraction of sp³-hybridized carbons (Fsp3) is 0.500. The number of nitrogens with zero attached hydrogens (tertiary/aromatic N) is 1. The minimum absolute atomic E-state index is 0.301. The molecule has 0 saturated heterocycles. The summed E-state index contributed by atoms with van der Waals surface area (Å²) >= 11 is 0. The number of carbonyl (C=O) groups is 1. The third kappa shape index (κ3) is 2.75. The Bertz CT molecular complexity index is 445. The predicted octanol–water partition coefficient (Wildman–Crippen LogP) is 2.17. The molecule has 1 aliphatic heterocycles. The number of carboxylic acids is 1. The SMILES string of the molecule is CC(CCN(C)c1ccc2c(c1)CCO2)C(=O)O. The summed E-state index contributed by atoms with van der Waals surface area (Å²) < 4.78 is 5.47. The quantitative estimate of drug-likeness (QED) is 0.869. The van der Waals surface area contributed by atoms with Crippen molar-refractivity contribution in [1.82, 2.24) is 0 Å². The fourth-order valence-electron chi connectivity index (χ4n) is 2.05. The molecule has 1 N–H and O–H groups in total. The minimum atomic E-state index is -0.731. The first kappa shape index (κ1) is 12.7. The topological polar surface area (TPSA) is 49.8 Å². The van der Waals surface area contributed by atoms with Crippen LogP contribution in [0, 0.1) is 5.92 Å². The Hall–Kier alpha value is -1.71. The van der Waals surface area contributed by atoms with E-state index in [9.17, 15) is 4.79 Å². The number of benzene rings is 1. The Morgan fingerprint density at radius 3 is 3.06 bits per heavy atom. The third-order valence-electron chi connectivity index (χ3n) is 3.43. The van der Waals surface area contributed by atoms with Gasteiger partial charge in [-0.15, -0.1) is 0 Å². The average Bonchev–Trinajstić information content (AvgIpc) is 2.82. The molecule has 98 valence electrons. The Morgan fingerprint density at radius 2 is 2.33 bits per heavy atom. The molecule has 0 saturated carbocycles. The molecule has 0 radical (unpaired) electrons. The highest BCUT2D eigenvalue weighted by Crippen LogP contribution is 2.29. The van der Waals surface area contributed by atoms with Crippen molar-refractivity contribution in [3.63, 3.8) is 0 Å². The van der Waals surface area contributed by atoms with Gasteiger partial charge in [-0.2, -0.15) is 0 Å². The summed E-state index contributed by atoms with van der Waals surface area (Å²) in [6, 6.07) is 6.15. The van der Waals surface area contributed by atoms with Crippen molar-refractivity contribution in [2.45, 2.75) is 19.8 Å². The van der Waals surface area contributed by atoms with Crippen molar-refractivity contribution in [3.8, 4) is 5.75 Å². The van der Waals surface area contributed by atoms with Gasteiger partial charge in [0.25, 0.3) is 0 Å². The summed E-state index contributed by atoms with van der Waals surface area (Å²) in [4.78, 5) is 12.9. The second-order valence-electron chi connectivity index (χ2n) is 4.84. The van der Waals surface area contributed by atoms with Crippen LogP contribution < -0.4 is 9.64 Å². The highest BCUT2D eigenvalue weighted by molar-refractivity contribution is 5.69. The first-order valence-corrected chi connectivity index (χ1v) is 6.27. The summed E-state index contributed by atoms with van der Waals surface area (Å²) in [5, 5.41) is 8.86. The lowest BCUT2D eigenvalue weighted by atomic mass is 10.1. The van der Waals surface area contributed by atoms with Crippen molar-refractivity contribution in [1.29, 1.82) is 0 Å². The zero-order valence-electron chi connectivity index (χ0n) is 10.8. The van der Waals surface area contributed by atoms with E-state index in [0.717, 1.165) is 31.0 Å². The van der Waals surface area contributed by atoms with Crippen molar-refractivity contribution in [2.24, 2.45) is 5.92 Å². The lowest BCUT2D eigenvalue weighted by Crippen LogP contribution is -2.22. The van der Waals surface area contributed by atoms with Gasteiger partial charge in [-0.3, -0.25) is 4.79 Å². The molecule has 1 heterocycles. The largest absolute Gasteiger partial charge is 0.493 e. The minimum Gasteiger partial charge on any atom is -0.493 e. The summed E-state index contributed by atoms with van der Waals surface area (Å²) in [6.45, 7) is 3.25. The van der Waals surface area contributed by atoms with E-state index in [2.05, 4.69) is 11.0 Å². The molecular weight excluding hydrogens is 230 g/mol. The lowest BCUT2D eigenvalue weighted by Gasteiger charge is -2.21. The molecule has 1 aromatic carbocycles. The first-order chi connectivity index (χ1) is 8.58. The van der Waals surface area contributed by atoms with Gasteiger partial charge in [0.1, 0.15) is 5.75 Å². The monoisotopic (exact) mass is 249 g/mol. The van der Waals surface area contributed by atoms with E-state index >= 15 is 0 Å². The van der Waals surface area contributed by atoms with Crippen LogP contribution in [-0.4, -0.2) is 31.3 Å². The molecule has 18 heavy (non-hydrogen) atoms. The molecule has 0 spiro atoms. The van der Waals surface area contributed by atoms with E-state index in [1.54, 1.807) is 6.92 Å². The van der Waals surface area contributed by atoms with Gasteiger partial charge in [-0.25, -0.2) is 0 Å². The molecule has 1 atom stereocenters. The second kappa shape index (κ2) is 5.29. The molecule has 1 aromatic rings. The first-order valence-electron chi connectivity index (χ1n) is 6.27. The van der Waals surface area contributed by atoms with Crippen LogP contribution in [0.3, 0.4) is 0 Å². The zero-order chi connectivity index (χ0) is 13.1. The van der Waals surface area contributed by atoms with Crippen molar-refractivity contribution >= 4 is 11.7 Å². The van der Waals surface area contributed by atoms with Crippen LogP contribution in [0.5, 0.6) is 5.75 Å². The highest BCUT2D eigenvalue weighted by Gasteiger charge is 2.15. The van der Waals surface area contributed by atoms with Crippen LogP contribution in [0.1, 0.15) is 18.9 Å². The summed E-state index contributed by atoms with van der Waals surface area (Å²) in [5.41, 5.74) is 2.36. The van der Waals surface area contributed by atoms with Crippen molar-refractivity contribution in [3.05, 3.63) is 23.8 Å². The van der Waals surface area contributed by atoms with E-state index in [1.165, 1.54) is 5.56 Å². The molecule has 0 fully saturated rings. The number of ether oxygens (including phenoxy) is 1. The van der Waals surface area contributed by atoms with Crippen LogP contribution in [0.25, 0.3) is 0 Å². The summed E-state index contributed by atoms with van der Waals surface area (Å²) in [6.07, 6.45) is 1.61. The Kier molecular flexibility index (Phi) is 3.75. The molecule has 2 rings (SSSR count). The summed E-state index contributed by atoms with van der Waals surface area (Å²) in [5.74, 6) is -0.0537. The van der Waals surface area contributed by atoms with Gasteiger partial charge in [-0.1, -0.05) is 6.92 Å². The molecule has 1 aliphatic rings. The van der Waals surface area contributed by atoms with Crippen molar-refractivity contribution in [2.75, 3.05) is 25.1 Å². The van der Waals surface area contributed by atoms with Gasteiger partial charge in [0.2, 0.25) is 0 Å². The number of carboxylic acid groups (broad SMARTS) is 1. The number of hydrogen-bond acceptors (Lipinski definition) is 3. The molecule has 1 unspecified atom stereocenters. The molecule has 0 aromatic heterocycles. The maximum absolute atomic E-state index is 10.8. The summed E-state index contributed by atoms with van der Waals surface area (Å²) in [7, 11) is 1.99. The van der Waals surface area contributed by atoms with E-state index in [4.69, 9.17) is 9.84 Å². The van der Waals surface area contributed by atoms with Crippen LogP contribution in [0.2, 0.25) is 0 Å². The van der Waals surface area contributed by atoms with E-state index < -0.39 is 5.97 Å². The van der Waals surface area contributed by atoms with E-state index in [1.807, 2.05) is 19.2 Å². The number of hydrogen-bond donors (Lipinski definition) is 1. The van der Waals surface area contributed by atoms with Gasteiger partial charge in [-0.05, 0) is 30.2 Å². The molecule has 4 nitrogen and oxygen atoms in total. The van der Waals surface area contributed by atoms with E-state index in [-0.39, 0.29) is 5.92 Å². The third-order valence-corrected chi connectivity index (χ3v) is 3.43. The zero-order valence-corrected chi connectivity index (χ0v) is 10.8. The van der Waals surface area contributed by atoms with Gasteiger partial charge >= 0.3 is 5.97 Å². The number of fused-ring (bicyclic) bond motifs is 1. The average molecular weight is 249 g/mol. The van der Waals surface area contributed by atoms with Crippen LogP contribution in [0.15, 0.2) is 18.2 Å². The maximum Gasteiger partial charge on any atom is 0.306 e. The van der Waals surface area contributed by atoms with Gasteiger partial charge in [0.05, 0.1) is 12.5 Å². The lowest BCUT2D eigenvalue weighted by molar-refractivity contribution is -0.141. The van der Waals surface area contributed by atoms with Crippen LogP contribution in [0.4, 0.5) is 5.69 Å². The molecule has 0 aliphatic carbocycles. The van der Waals surface area contributed by atoms with Crippen molar-refractivity contribution < 1.29 is 14.6 Å².